The van der Waals surface area contributed by atoms with E-state index in [1.54, 1.807) is 0 Å². The minimum atomic E-state index is 0.0979. The highest BCUT2D eigenvalue weighted by Crippen LogP contribution is 2.20. The van der Waals surface area contributed by atoms with Crippen molar-refractivity contribution in [2.24, 2.45) is 0 Å². The van der Waals surface area contributed by atoms with Crippen LogP contribution >= 0.6 is 31.9 Å². The number of hydrogen-bond donors (Lipinski definition) is 0. The summed E-state index contributed by atoms with van der Waals surface area (Å²) in [5.74, 6) is 0.0979. The van der Waals surface area contributed by atoms with Crippen LogP contribution in [0.1, 0.15) is 22.8 Å². The second-order valence-electron chi connectivity index (χ2n) is 3.49. The Hall–Kier alpha value is -0.350. The van der Waals surface area contributed by atoms with Crippen LogP contribution in [0.25, 0.3) is 0 Å². The standard InChI is InChI=1S/C12H15Br2NO/c1-3-15(8-7-13)12(16)10-5-4-6-11(14)9(10)2/h4-6H,3,7-8H2,1-2H3. The van der Waals surface area contributed by atoms with E-state index in [0.717, 1.165) is 34.0 Å². The van der Waals surface area contributed by atoms with Gasteiger partial charge in [0.05, 0.1) is 0 Å². The van der Waals surface area contributed by atoms with Crippen molar-refractivity contribution in [3.05, 3.63) is 33.8 Å². The van der Waals surface area contributed by atoms with Gasteiger partial charge in [-0.1, -0.05) is 37.9 Å². The lowest BCUT2D eigenvalue weighted by Crippen LogP contribution is -2.32. The molecular formula is C12H15Br2NO. The number of amides is 1. The van der Waals surface area contributed by atoms with Gasteiger partial charge in [0.25, 0.3) is 5.91 Å². The van der Waals surface area contributed by atoms with Crippen molar-refractivity contribution >= 4 is 37.8 Å². The average Bonchev–Trinajstić information content (AvgIpc) is 2.29. The van der Waals surface area contributed by atoms with E-state index in [-0.39, 0.29) is 5.91 Å². The predicted molar refractivity (Wildman–Crippen MR) is 74.3 cm³/mol. The Morgan fingerprint density at radius 2 is 2.12 bits per heavy atom. The summed E-state index contributed by atoms with van der Waals surface area (Å²) in [6, 6.07) is 5.72. The first-order chi connectivity index (χ1) is 7.61. The molecule has 0 N–H and O–H groups in total. The minimum Gasteiger partial charge on any atom is -0.338 e. The maximum absolute atomic E-state index is 12.2. The number of carbonyl (C=O) groups is 1. The molecule has 0 aliphatic carbocycles. The average molecular weight is 349 g/mol. The van der Waals surface area contributed by atoms with Crippen LogP contribution in [0.4, 0.5) is 0 Å². The van der Waals surface area contributed by atoms with Crippen LogP contribution in [0.15, 0.2) is 22.7 Å². The van der Waals surface area contributed by atoms with Crippen molar-refractivity contribution in [1.82, 2.24) is 4.90 Å². The molecule has 0 spiro atoms. The van der Waals surface area contributed by atoms with Gasteiger partial charge in [0.15, 0.2) is 0 Å². The Bertz CT molecular complexity index is 379. The van der Waals surface area contributed by atoms with E-state index in [9.17, 15) is 4.79 Å². The Labute approximate surface area is 113 Å². The van der Waals surface area contributed by atoms with Gasteiger partial charge in [-0.25, -0.2) is 0 Å². The second kappa shape index (κ2) is 6.40. The van der Waals surface area contributed by atoms with E-state index in [1.807, 2.05) is 36.9 Å². The van der Waals surface area contributed by atoms with Gasteiger partial charge in [-0.3, -0.25) is 4.79 Å². The first-order valence-corrected chi connectivity index (χ1v) is 7.13. The molecule has 0 heterocycles. The first kappa shape index (κ1) is 13.7. The number of benzene rings is 1. The highest BCUT2D eigenvalue weighted by molar-refractivity contribution is 9.10. The van der Waals surface area contributed by atoms with Gasteiger partial charge in [-0.05, 0) is 31.5 Å². The van der Waals surface area contributed by atoms with E-state index in [0.29, 0.717) is 0 Å². The normalized spacial score (nSPS) is 10.2. The van der Waals surface area contributed by atoms with E-state index in [1.165, 1.54) is 0 Å². The molecule has 0 saturated carbocycles. The van der Waals surface area contributed by atoms with Crippen LogP contribution in [0, 0.1) is 6.92 Å². The topological polar surface area (TPSA) is 20.3 Å². The fourth-order valence-corrected chi connectivity index (χ4v) is 2.31. The lowest BCUT2D eigenvalue weighted by molar-refractivity contribution is 0.0774. The molecule has 88 valence electrons. The molecule has 1 amide bonds. The third-order valence-corrected chi connectivity index (χ3v) is 3.74. The summed E-state index contributed by atoms with van der Waals surface area (Å²) in [6.07, 6.45) is 0. The SMILES string of the molecule is CCN(CCBr)C(=O)c1cccc(Br)c1C. The molecule has 0 aliphatic rings. The van der Waals surface area contributed by atoms with Gasteiger partial charge in [0.2, 0.25) is 0 Å². The Kier molecular flexibility index (Phi) is 5.49. The molecule has 0 bridgehead atoms. The maximum Gasteiger partial charge on any atom is 0.254 e. The molecule has 1 rings (SSSR count). The lowest BCUT2D eigenvalue weighted by atomic mass is 10.1. The molecule has 0 aliphatic heterocycles. The van der Waals surface area contributed by atoms with Gasteiger partial charge >= 0.3 is 0 Å². The summed E-state index contributed by atoms with van der Waals surface area (Å²) in [5, 5.41) is 0.805. The summed E-state index contributed by atoms with van der Waals surface area (Å²) in [5.41, 5.74) is 1.78. The predicted octanol–water partition coefficient (Wildman–Crippen LogP) is 3.61. The van der Waals surface area contributed by atoms with Crippen LogP contribution in [-0.4, -0.2) is 29.2 Å². The number of rotatable bonds is 4. The van der Waals surface area contributed by atoms with Gasteiger partial charge in [-0.15, -0.1) is 0 Å². The van der Waals surface area contributed by atoms with Crippen LogP contribution < -0.4 is 0 Å². The Morgan fingerprint density at radius 1 is 1.44 bits per heavy atom. The Balaban J connectivity index is 2.99. The molecule has 0 fully saturated rings. The molecule has 2 nitrogen and oxygen atoms in total. The van der Waals surface area contributed by atoms with Crippen molar-refractivity contribution in [2.75, 3.05) is 18.4 Å². The van der Waals surface area contributed by atoms with E-state index in [4.69, 9.17) is 0 Å². The maximum atomic E-state index is 12.2. The van der Waals surface area contributed by atoms with E-state index >= 15 is 0 Å². The van der Waals surface area contributed by atoms with Crippen molar-refractivity contribution < 1.29 is 4.79 Å². The van der Waals surface area contributed by atoms with Crippen molar-refractivity contribution in [3.8, 4) is 0 Å². The van der Waals surface area contributed by atoms with Crippen LogP contribution in [0.3, 0.4) is 0 Å². The Morgan fingerprint density at radius 3 is 2.69 bits per heavy atom. The lowest BCUT2D eigenvalue weighted by Gasteiger charge is -2.21. The van der Waals surface area contributed by atoms with Crippen molar-refractivity contribution in [3.63, 3.8) is 0 Å². The quantitative estimate of drug-likeness (QED) is 0.761. The molecule has 0 atom stereocenters. The third kappa shape index (κ3) is 3.08. The monoisotopic (exact) mass is 347 g/mol. The minimum absolute atomic E-state index is 0.0979. The molecule has 1 aromatic rings. The number of alkyl halides is 1. The number of nitrogens with zero attached hydrogens (tertiary/aromatic N) is 1. The van der Waals surface area contributed by atoms with Crippen LogP contribution in [0.2, 0.25) is 0 Å². The zero-order valence-electron chi connectivity index (χ0n) is 9.46. The molecule has 0 saturated heterocycles. The molecule has 0 aromatic heterocycles. The summed E-state index contributed by atoms with van der Waals surface area (Å²) in [6.45, 7) is 5.42. The summed E-state index contributed by atoms with van der Waals surface area (Å²) < 4.78 is 0.980. The molecule has 0 unspecified atom stereocenters. The zero-order chi connectivity index (χ0) is 12.1. The van der Waals surface area contributed by atoms with Gasteiger partial charge in [-0.2, -0.15) is 0 Å². The second-order valence-corrected chi connectivity index (χ2v) is 5.13. The number of hydrogen-bond acceptors (Lipinski definition) is 1. The van der Waals surface area contributed by atoms with Crippen LogP contribution in [0.5, 0.6) is 0 Å². The largest absolute Gasteiger partial charge is 0.338 e. The van der Waals surface area contributed by atoms with Gasteiger partial charge < -0.3 is 4.90 Å². The molecular weight excluding hydrogens is 334 g/mol. The fourth-order valence-electron chi connectivity index (χ4n) is 1.51. The van der Waals surface area contributed by atoms with Gasteiger partial charge in [0.1, 0.15) is 0 Å². The molecule has 0 radical (unpaired) electrons. The van der Waals surface area contributed by atoms with Gasteiger partial charge in [0, 0.05) is 28.5 Å². The van der Waals surface area contributed by atoms with Crippen molar-refractivity contribution in [1.29, 1.82) is 0 Å². The third-order valence-electron chi connectivity index (χ3n) is 2.52. The highest BCUT2D eigenvalue weighted by Gasteiger charge is 2.16. The highest BCUT2D eigenvalue weighted by atomic mass is 79.9. The molecule has 4 heteroatoms. The fraction of sp³-hybridized carbons (Fsp3) is 0.417. The summed E-state index contributed by atoms with van der Waals surface area (Å²) >= 11 is 6.81. The van der Waals surface area contributed by atoms with E-state index in [2.05, 4.69) is 31.9 Å². The summed E-state index contributed by atoms with van der Waals surface area (Å²) in [7, 11) is 0. The molecule has 16 heavy (non-hydrogen) atoms. The first-order valence-electron chi connectivity index (χ1n) is 5.22. The van der Waals surface area contributed by atoms with Crippen molar-refractivity contribution in [2.45, 2.75) is 13.8 Å². The number of halogens is 2. The summed E-state index contributed by atoms with van der Waals surface area (Å²) in [4.78, 5) is 14.1. The van der Waals surface area contributed by atoms with Crippen LogP contribution in [-0.2, 0) is 0 Å². The smallest absolute Gasteiger partial charge is 0.254 e. The molecule has 1 aromatic carbocycles. The number of carbonyl (C=O) groups excluding carboxylic acids is 1. The van der Waals surface area contributed by atoms with E-state index < -0.39 is 0 Å². The zero-order valence-corrected chi connectivity index (χ0v) is 12.6.